The van der Waals surface area contributed by atoms with Gasteiger partial charge in [-0.15, -0.1) is 0 Å². The van der Waals surface area contributed by atoms with E-state index in [-0.39, 0.29) is 23.8 Å². The maximum Gasteiger partial charge on any atom is 0.258 e. The van der Waals surface area contributed by atoms with Crippen LogP contribution in [0.2, 0.25) is 0 Å². The Kier molecular flexibility index (Phi) is 4.04. The number of rotatable bonds is 3. The van der Waals surface area contributed by atoms with Gasteiger partial charge in [0.15, 0.2) is 0 Å². The van der Waals surface area contributed by atoms with Gasteiger partial charge >= 0.3 is 0 Å². The number of nitrogens with zero attached hydrogens (tertiary/aromatic N) is 1. The smallest absolute Gasteiger partial charge is 0.258 e. The lowest BCUT2D eigenvalue weighted by Crippen LogP contribution is -2.42. The van der Waals surface area contributed by atoms with Crippen LogP contribution in [-0.2, 0) is 11.2 Å². The third-order valence-electron chi connectivity index (χ3n) is 5.07. The molecular formula is C21H22N2O2. The van der Waals surface area contributed by atoms with Crippen molar-refractivity contribution in [1.82, 2.24) is 0 Å². The minimum Gasteiger partial charge on any atom is -0.326 e. The first kappa shape index (κ1) is 15.9. The molecule has 1 fully saturated rings. The minimum atomic E-state index is -0.0119. The summed E-state index contributed by atoms with van der Waals surface area (Å²) in [6, 6.07) is 15.5. The Balaban J connectivity index is 1.61. The molecule has 0 spiro atoms. The number of hydrogen-bond acceptors (Lipinski definition) is 2. The van der Waals surface area contributed by atoms with Gasteiger partial charge in [0, 0.05) is 28.9 Å². The van der Waals surface area contributed by atoms with Gasteiger partial charge in [-0.1, -0.05) is 24.3 Å². The molecule has 25 heavy (non-hydrogen) atoms. The predicted octanol–water partition coefficient (Wildman–Crippen LogP) is 4.02. The van der Waals surface area contributed by atoms with E-state index in [0.717, 1.165) is 31.4 Å². The van der Waals surface area contributed by atoms with Gasteiger partial charge < -0.3 is 10.2 Å². The van der Waals surface area contributed by atoms with Crippen molar-refractivity contribution >= 4 is 23.2 Å². The average molecular weight is 334 g/mol. The molecule has 2 aromatic carbocycles. The van der Waals surface area contributed by atoms with Gasteiger partial charge in [0.05, 0.1) is 0 Å². The van der Waals surface area contributed by atoms with E-state index in [1.165, 1.54) is 5.56 Å². The van der Waals surface area contributed by atoms with Gasteiger partial charge in [-0.2, -0.15) is 0 Å². The second-order valence-corrected chi connectivity index (χ2v) is 7.04. The third-order valence-corrected chi connectivity index (χ3v) is 5.07. The van der Waals surface area contributed by atoms with Crippen LogP contribution in [0, 0.1) is 5.92 Å². The van der Waals surface area contributed by atoms with E-state index in [4.69, 9.17) is 0 Å². The lowest BCUT2D eigenvalue weighted by Gasteiger charge is -2.35. The molecule has 1 aliphatic carbocycles. The van der Waals surface area contributed by atoms with Gasteiger partial charge in [-0.3, -0.25) is 9.59 Å². The summed E-state index contributed by atoms with van der Waals surface area (Å²) >= 11 is 0. The quantitative estimate of drug-likeness (QED) is 0.922. The molecule has 0 saturated heterocycles. The van der Waals surface area contributed by atoms with E-state index in [9.17, 15) is 9.59 Å². The molecule has 2 aromatic rings. The Morgan fingerprint density at radius 1 is 1.04 bits per heavy atom. The predicted molar refractivity (Wildman–Crippen MR) is 98.8 cm³/mol. The fourth-order valence-corrected chi connectivity index (χ4v) is 3.46. The van der Waals surface area contributed by atoms with E-state index in [2.05, 4.69) is 18.3 Å². The molecular weight excluding hydrogens is 312 g/mol. The van der Waals surface area contributed by atoms with Crippen LogP contribution in [0.1, 0.15) is 42.1 Å². The van der Waals surface area contributed by atoms with Crippen LogP contribution in [0.3, 0.4) is 0 Å². The zero-order chi connectivity index (χ0) is 17.4. The lowest BCUT2D eigenvalue weighted by atomic mass is 9.95. The lowest BCUT2D eigenvalue weighted by molar-refractivity contribution is -0.117. The number of carbonyl (C=O) groups excluding carboxylic acids is 2. The van der Waals surface area contributed by atoms with Crippen molar-refractivity contribution in [2.24, 2.45) is 5.92 Å². The Bertz CT molecular complexity index is 826. The summed E-state index contributed by atoms with van der Waals surface area (Å²) in [6.07, 6.45) is 3.89. The number of amides is 2. The normalized spacial score (nSPS) is 19.2. The first-order valence-electron chi connectivity index (χ1n) is 8.96. The number of benzene rings is 2. The van der Waals surface area contributed by atoms with E-state index in [1.807, 2.05) is 41.3 Å². The Hall–Kier alpha value is -2.62. The van der Waals surface area contributed by atoms with Crippen molar-refractivity contribution in [1.29, 1.82) is 0 Å². The molecule has 0 unspecified atom stereocenters. The van der Waals surface area contributed by atoms with Crippen LogP contribution in [0.5, 0.6) is 0 Å². The van der Waals surface area contributed by atoms with Gasteiger partial charge in [0.2, 0.25) is 5.91 Å². The molecule has 1 aliphatic heterocycles. The molecule has 4 heteroatoms. The van der Waals surface area contributed by atoms with Gasteiger partial charge in [-0.05, 0) is 62.4 Å². The van der Waals surface area contributed by atoms with Crippen molar-refractivity contribution in [2.75, 3.05) is 10.2 Å². The first-order chi connectivity index (χ1) is 12.1. The molecule has 4 rings (SSSR count). The summed E-state index contributed by atoms with van der Waals surface area (Å²) in [7, 11) is 0. The monoisotopic (exact) mass is 334 g/mol. The fraction of sp³-hybridized carbons (Fsp3) is 0.333. The average Bonchev–Trinajstić information content (AvgIpc) is 3.46. The highest BCUT2D eigenvalue weighted by atomic mass is 16.2. The van der Waals surface area contributed by atoms with Crippen LogP contribution >= 0.6 is 0 Å². The Morgan fingerprint density at radius 3 is 2.64 bits per heavy atom. The van der Waals surface area contributed by atoms with E-state index < -0.39 is 0 Å². The topological polar surface area (TPSA) is 49.4 Å². The van der Waals surface area contributed by atoms with Crippen LogP contribution in [0.25, 0.3) is 0 Å². The zero-order valence-corrected chi connectivity index (χ0v) is 14.4. The minimum absolute atomic E-state index is 0.0119. The second kappa shape index (κ2) is 6.36. The molecule has 0 radical (unpaired) electrons. The summed E-state index contributed by atoms with van der Waals surface area (Å²) in [4.78, 5) is 27.0. The van der Waals surface area contributed by atoms with Crippen molar-refractivity contribution in [3.05, 3.63) is 59.7 Å². The van der Waals surface area contributed by atoms with Crippen LogP contribution in [0.15, 0.2) is 48.5 Å². The van der Waals surface area contributed by atoms with Crippen molar-refractivity contribution in [3.8, 4) is 0 Å². The van der Waals surface area contributed by atoms with E-state index in [0.29, 0.717) is 11.3 Å². The van der Waals surface area contributed by atoms with Gasteiger partial charge in [0.25, 0.3) is 5.91 Å². The molecule has 2 aliphatic rings. The number of nitrogens with one attached hydrogen (secondary N) is 1. The largest absolute Gasteiger partial charge is 0.326 e. The SMILES string of the molecule is C[C@H]1CCc2ccccc2N1C(=O)c1cccc(NC(=O)C2CC2)c1. The van der Waals surface area contributed by atoms with E-state index >= 15 is 0 Å². The summed E-state index contributed by atoms with van der Waals surface area (Å²) < 4.78 is 0. The number of hydrogen-bond donors (Lipinski definition) is 1. The van der Waals surface area contributed by atoms with Gasteiger partial charge in [0.1, 0.15) is 0 Å². The number of aryl methyl sites for hydroxylation is 1. The molecule has 1 saturated carbocycles. The number of carbonyl (C=O) groups is 2. The third kappa shape index (κ3) is 3.16. The molecule has 128 valence electrons. The van der Waals surface area contributed by atoms with Crippen LogP contribution in [-0.4, -0.2) is 17.9 Å². The summed E-state index contributed by atoms with van der Waals surface area (Å²) in [5, 5.41) is 2.92. The van der Waals surface area contributed by atoms with E-state index in [1.54, 1.807) is 6.07 Å². The highest BCUT2D eigenvalue weighted by Gasteiger charge is 2.31. The van der Waals surface area contributed by atoms with Crippen LogP contribution in [0.4, 0.5) is 11.4 Å². The molecule has 1 heterocycles. The second-order valence-electron chi connectivity index (χ2n) is 7.04. The summed E-state index contributed by atoms with van der Waals surface area (Å²) in [6.45, 7) is 2.09. The standard InChI is InChI=1S/C21H22N2O2/c1-14-9-10-15-5-2-3-8-19(15)23(14)21(25)17-6-4-7-18(13-17)22-20(24)16-11-12-16/h2-8,13-14,16H,9-12H2,1H3,(H,22,24)/t14-/m0/s1. The van der Waals surface area contributed by atoms with Crippen molar-refractivity contribution in [3.63, 3.8) is 0 Å². The fourth-order valence-electron chi connectivity index (χ4n) is 3.46. The summed E-state index contributed by atoms with van der Waals surface area (Å²) in [5.41, 5.74) is 3.52. The molecule has 2 amide bonds. The molecule has 0 aromatic heterocycles. The number of fused-ring (bicyclic) bond motifs is 1. The number of anilines is 2. The highest BCUT2D eigenvalue weighted by molar-refractivity contribution is 6.08. The highest BCUT2D eigenvalue weighted by Crippen LogP contribution is 2.33. The van der Waals surface area contributed by atoms with Crippen molar-refractivity contribution < 1.29 is 9.59 Å². The Labute approximate surface area is 147 Å². The Morgan fingerprint density at radius 2 is 1.84 bits per heavy atom. The molecule has 0 bridgehead atoms. The molecule has 4 nitrogen and oxygen atoms in total. The zero-order valence-electron chi connectivity index (χ0n) is 14.4. The first-order valence-corrected chi connectivity index (χ1v) is 8.96. The molecule has 1 N–H and O–H groups in total. The van der Waals surface area contributed by atoms with Crippen molar-refractivity contribution in [2.45, 2.75) is 38.6 Å². The number of para-hydroxylation sites is 1. The summed E-state index contributed by atoms with van der Waals surface area (Å²) in [5.74, 6) is 0.191. The van der Waals surface area contributed by atoms with Crippen LogP contribution < -0.4 is 10.2 Å². The maximum atomic E-state index is 13.2. The maximum absolute atomic E-state index is 13.2. The van der Waals surface area contributed by atoms with Gasteiger partial charge in [-0.25, -0.2) is 0 Å². The molecule has 1 atom stereocenters.